The van der Waals surface area contributed by atoms with E-state index in [4.69, 9.17) is 9.47 Å². The number of rotatable bonds is 5. The van der Waals surface area contributed by atoms with Crippen molar-refractivity contribution in [2.75, 3.05) is 26.8 Å². The summed E-state index contributed by atoms with van der Waals surface area (Å²) in [5.74, 6) is 0.699. The lowest BCUT2D eigenvalue weighted by atomic mass is 10.1. The van der Waals surface area contributed by atoms with Crippen molar-refractivity contribution in [2.24, 2.45) is 0 Å². The van der Waals surface area contributed by atoms with Gasteiger partial charge in [0, 0.05) is 13.1 Å². The standard InChI is InChI=1S/C18H21NO4S/c1-22-17-9-7-15(8-10-17)14-24(20,21)19-11-12-23-18(13-19)16-5-3-2-4-6-16/h2-10,18H,11-14H2,1H3. The monoisotopic (exact) mass is 347 g/mol. The fourth-order valence-corrected chi connectivity index (χ4v) is 4.28. The first kappa shape index (κ1) is 17.0. The van der Waals surface area contributed by atoms with E-state index in [-0.39, 0.29) is 11.9 Å². The average Bonchev–Trinajstić information content (AvgIpc) is 2.63. The number of ether oxygens (including phenoxy) is 2. The second-order valence-corrected chi connectivity index (χ2v) is 7.70. The van der Waals surface area contributed by atoms with Gasteiger partial charge in [-0.25, -0.2) is 8.42 Å². The van der Waals surface area contributed by atoms with Crippen molar-refractivity contribution in [3.8, 4) is 5.75 Å². The molecule has 1 unspecified atom stereocenters. The van der Waals surface area contributed by atoms with Crippen LogP contribution in [0.5, 0.6) is 5.75 Å². The van der Waals surface area contributed by atoms with Crippen LogP contribution in [0, 0.1) is 0 Å². The van der Waals surface area contributed by atoms with Gasteiger partial charge in [-0.3, -0.25) is 0 Å². The minimum Gasteiger partial charge on any atom is -0.497 e. The summed E-state index contributed by atoms with van der Waals surface area (Å²) in [6.45, 7) is 1.14. The van der Waals surface area contributed by atoms with Crippen molar-refractivity contribution in [1.29, 1.82) is 0 Å². The molecule has 1 heterocycles. The first-order valence-electron chi connectivity index (χ1n) is 7.86. The van der Waals surface area contributed by atoms with E-state index in [0.29, 0.717) is 25.4 Å². The summed E-state index contributed by atoms with van der Waals surface area (Å²) in [7, 11) is -1.80. The Hall–Kier alpha value is -1.89. The fourth-order valence-electron chi connectivity index (χ4n) is 2.77. The van der Waals surface area contributed by atoms with Crippen LogP contribution in [0.15, 0.2) is 54.6 Å². The molecule has 24 heavy (non-hydrogen) atoms. The van der Waals surface area contributed by atoms with Crippen LogP contribution in [0.25, 0.3) is 0 Å². The van der Waals surface area contributed by atoms with Gasteiger partial charge >= 0.3 is 0 Å². The van der Waals surface area contributed by atoms with Crippen LogP contribution >= 0.6 is 0 Å². The Kier molecular flexibility index (Phi) is 5.18. The van der Waals surface area contributed by atoms with Crippen LogP contribution in [0.1, 0.15) is 17.2 Å². The predicted molar refractivity (Wildman–Crippen MR) is 92.3 cm³/mol. The van der Waals surface area contributed by atoms with Crippen molar-refractivity contribution in [3.05, 3.63) is 65.7 Å². The molecule has 0 bridgehead atoms. The van der Waals surface area contributed by atoms with Gasteiger partial charge in [0.15, 0.2) is 0 Å². The molecule has 0 amide bonds. The second-order valence-electron chi connectivity index (χ2n) is 5.73. The van der Waals surface area contributed by atoms with Crippen LogP contribution in [0.2, 0.25) is 0 Å². The van der Waals surface area contributed by atoms with Crippen LogP contribution in [-0.2, 0) is 20.5 Å². The van der Waals surface area contributed by atoms with Gasteiger partial charge in [-0.15, -0.1) is 0 Å². The number of sulfonamides is 1. The van der Waals surface area contributed by atoms with Crippen molar-refractivity contribution >= 4 is 10.0 Å². The average molecular weight is 347 g/mol. The molecule has 0 radical (unpaired) electrons. The third-order valence-corrected chi connectivity index (χ3v) is 5.92. The Bertz CT molecular complexity index is 759. The van der Waals surface area contributed by atoms with E-state index in [1.54, 1.807) is 31.4 Å². The first-order valence-corrected chi connectivity index (χ1v) is 9.47. The zero-order valence-corrected chi connectivity index (χ0v) is 14.4. The maximum Gasteiger partial charge on any atom is 0.218 e. The largest absolute Gasteiger partial charge is 0.497 e. The fraction of sp³-hybridized carbons (Fsp3) is 0.333. The van der Waals surface area contributed by atoms with E-state index in [1.165, 1.54) is 4.31 Å². The van der Waals surface area contributed by atoms with Gasteiger partial charge in [0.1, 0.15) is 5.75 Å². The van der Waals surface area contributed by atoms with Crippen molar-refractivity contribution in [3.63, 3.8) is 0 Å². The van der Waals surface area contributed by atoms with Crippen LogP contribution in [0.3, 0.4) is 0 Å². The summed E-state index contributed by atoms with van der Waals surface area (Å²) >= 11 is 0. The smallest absolute Gasteiger partial charge is 0.218 e. The summed E-state index contributed by atoms with van der Waals surface area (Å²) in [6.07, 6.45) is -0.217. The lowest BCUT2D eigenvalue weighted by Crippen LogP contribution is -2.42. The van der Waals surface area contributed by atoms with E-state index in [0.717, 1.165) is 11.1 Å². The van der Waals surface area contributed by atoms with E-state index >= 15 is 0 Å². The van der Waals surface area contributed by atoms with E-state index < -0.39 is 10.0 Å². The minimum absolute atomic E-state index is 0.0154. The molecule has 0 N–H and O–H groups in total. The lowest BCUT2D eigenvalue weighted by Gasteiger charge is -2.32. The van der Waals surface area contributed by atoms with Gasteiger partial charge in [0.05, 0.1) is 25.6 Å². The van der Waals surface area contributed by atoms with Crippen molar-refractivity contribution in [1.82, 2.24) is 4.31 Å². The highest BCUT2D eigenvalue weighted by Crippen LogP contribution is 2.25. The molecule has 1 fully saturated rings. The number of morpholine rings is 1. The molecule has 5 nitrogen and oxygen atoms in total. The summed E-state index contributed by atoms with van der Waals surface area (Å²) in [6, 6.07) is 16.8. The number of methoxy groups -OCH3 is 1. The van der Waals surface area contributed by atoms with E-state index in [2.05, 4.69) is 0 Å². The maximum atomic E-state index is 12.7. The van der Waals surface area contributed by atoms with Gasteiger partial charge in [-0.05, 0) is 23.3 Å². The lowest BCUT2D eigenvalue weighted by molar-refractivity contribution is -0.00260. The van der Waals surface area contributed by atoms with Crippen molar-refractivity contribution < 1.29 is 17.9 Å². The normalized spacial score (nSPS) is 19.1. The van der Waals surface area contributed by atoms with Gasteiger partial charge in [-0.2, -0.15) is 4.31 Å². The molecule has 3 rings (SSSR count). The Morgan fingerprint density at radius 1 is 1.12 bits per heavy atom. The molecule has 0 aromatic heterocycles. The molecular formula is C18H21NO4S. The van der Waals surface area contributed by atoms with Gasteiger partial charge in [-0.1, -0.05) is 42.5 Å². The van der Waals surface area contributed by atoms with Gasteiger partial charge in [0.2, 0.25) is 10.0 Å². The van der Waals surface area contributed by atoms with E-state index in [1.807, 2.05) is 30.3 Å². The molecule has 1 aliphatic rings. The zero-order chi connectivity index (χ0) is 17.0. The Morgan fingerprint density at radius 2 is 1.83 bits per heavy atom. The molecule has 6 heteroatoms. The molecule has 1 atom stereocenters. The molecule has 2 aromatic carbocycles. The Labute approximate surface area is 142 Å². The molecule has 1 aliphatic heterocycles. The molecule has 0 saturated carbocycles. The zero-order valence-electron chi connectivity index (χ0n) is 13.6. The van der Waals surface area contributed by atoms with Crippen LogP contribution < -0.4 is 4.74 Å². The van der Waals surface area contributed by atoms with Gasteiger partial charge in [0.25, 0.3) is 0 Å². The van der Waals surface area contributed by atoms with E-state index in [9.17, 15) is 8.42 Å². The van der Waals surface area contributed by atoms with Crippen LogP contribution in [0.4, 0.5) is 0 Å². The molecular weight excluding hydrogens is 326 g/mol. The summed E-state index contributed by atoms with van der Waals surface area (Å²) in [5, 5.41) is 0. The topological polar surface area (TPSA) is 55.8 Å². The maximum absolute atomic E-state index is 12.7. The molecule has 128 valence electrons. The third-order valence-electron chi connectivity index (χ3n) is 4.10. The molecule has 0 spiro atoms. The summed E-state index contributed by atoms with van der Waals surface area (Å²) < 4.78 is 37.8. The number of hydrogen-bond donors (Lipinski definition) is 0. The summed E-state index contributed by atoms with van der Waals surface area (Å²) in [4.78, 5) is 0. The quantitative estimate of drug-likeness (QED) is 0.834. The second kappa shape index (κ2) is 7.34. The van der Waals surface area contributed by atoms with Crippen LogP contribution in [-0.4, -0.2) is 39.5 Å². The Balaban J connectivity index is 1.71. The number of hydrogen-bond acceptors (Lipinski definition) is 4. The number of benzene rings is 2. The summed E-state index contributed by atoms with van der Waals surface area (Å²) in [5.41, 5.74) is 1.75. The highest BCUT2D eigenvalue weighted by molar-refractivity contribution is 7.88. The van der Waals surface area contributed by atoms with Gasteiger partial charge < -0.3 is 9.47 Å². The first-order chi connectivity index (χ1) is 11.6. The Morgan fingerprint density at radius 3 is 2.50 bits per heavy atom. The number of nitrogens with zero attached hydrogens (tertiary/aromatic N) is 1. The minimum atomic E-state index is -3.38. The SMILES string of the molecule is COc1ccc(CS(=O)(=O)N2CCOC(c3ccccc3)C2)cc1. The van der Waals surface area contributed by atoms with Crippen molar-refractivity contribution in [2.45, 2.75) is 11.9 Å². The highest BCUT2D eigenvalue weighted by atomic mass is 32.2. The molecule has 1 saturated heterocycles. The highest BCUT2D eigenvalue weighted by Gasteiger charge is 2.30. The molecule has 0 aliphatic carbocycles. The molecule has 2 aromatic rings. The predicted octanol–water partition coefficient (Wildman–Crippen LogP) is 2.60. The third kappa shape index (κ3) is 3.95.